The van der Waals surface area contributed by atoms with Gasteiger partial charge in [-0.1, -0.05) is 6.07 Å². The van der Waals surface area contributed by atoms with E-state index < -0.39 is 12.1 Å². The number of aliphatic carboxylic acids is 1. The number of carboxylic acids is 1. The van der Waals surface area contributed by atoms with Crippen LogP contribution in [0.1, 0.15) is 24.1 Å². The van der Waals surface area contributed by atoms with Crippen LogP contribution in [0.2, 0.25) is 0 Å². The Labute approximate surface area is 170 Å². The number of thiophene rings is 1. The third kappa shape index (κ3) is 6.17. The minimum atomic E-state index is -5.08. The Morgan fingerprint density at radius 3 is 2.45 bits per heavy atom. The first-order chi connectivity index (χ1) is 13.5. The number of carbonyl (C=O) groups is 3. The normalized spacial score (nSPS) is 22.0. The number of likely N-dealkylation sites (N-methyl/N-ethyl adjacent to an activating group) is 1. The Bertz CT molecular complexity index is 724. The first kappa shape index (κ1) is 23.1. The molecular weight excluding hydrogens is 411 g/mol. The van der Waals surface area contributed by atoms with E-state index in [2.05, 4.69) is 22.4 Å². The molecule has 2 aliphatic rings. The van der Waals surface area contributed by atoms with Crippen molar-refractivity contribution in [2.75, 3.05) is 27.2 Å². The van der Waals surface area contributed by atoms with Gasteiger partial charge < -0.3 is 14.9 Å². The molecule has 0 aliphatic carbocycles. The average molecular weight is 435 g/mol. The minimum Gasteiger partial charge on any atom is -0.475 e. The molecule has 0 saturated carbocycles. The fourth-order valence-electron chi connectivity index (χ4n) is 3.53. The second-order valence-electron chi connectivity index (χ2n) is 7.12. The molecule has 29 heavy (non-hydrogen) atoms. The molecule has 0 spiro atoms. The van der Waals surface area contributed by atoms with E-state index in [-0.39, 0.29) is 24.4 Å². The van der Waals surface area contributed by atoms with Crippen LogP contribution in [-0.2, 0) is 20.9 Å². The fraction of sp³-hybridized carbons (Fsp3) is 0.611. The molecule has 0 radical (unpaired) electrons. The Morgan fingerprint density at radius 1 is 1.28 bits per heavy atom. The second-order valence-corrected chi connectivity index (χ2v) is 8.16. The van der Waals surface area contributed by atoms with Gasteiger partial charge in [-0.25, -0.2) is 4.79 Å². The highest BCUT2D eigenvalue weighted by molar-refractivity contribution is 7.09. The van der Waals surface area contributed by atoms with Gasteiger partial charge in [0.1, 0.15) is 6.54 Å². The SMILES string of the molecule is CN(C)C(=O)CN1C(=O)CC[C@@H]2[C@H]1CCN2Cc1cccs1.O=C(O)C(F)(F)F. The van der Waals surface area contributed by atoms with Crippen LogP contribution in [0.5, 0.6) is 0 Å². The van der Waals surface area contributed by atoms with Gasteiger partial charge in [0.15, 0.2) is 0 Å². The van der Waals surface area contributed by atoms with Gasteiger partial charge in [0.05, 0.1) is 0 Å². The van der Waals surface area contributed by atoms with E-state index in [1.165, 1.54) is 4.88 Å². The van der Waals surface area contributed by atoms with Gasteiger partial charge in [-0.15, -0.1) is 11.3 Å². The molecule has 2 atom stereocenters. The largest absolute Gasteiger partial charge is 0.490 e. The molecule has 162 valence electrons. The highest BCUT2D eigenvalue weighted by atomic mass is 32.1. The maximum Gasteiger partial charge on any atom is 0.490 e. The van der Waals surface area contributed by atoms with Crippen molar-refractivity contribution in [2.24, 2.45) is 0 Å². The molecular formula is C18H24F3N3O4S. The fourth-order valence-corrected chi connectivity index (χ4v) is 4.26. The van der Waals surface area contributed by atoms with E-state index in [1.807, 2.05) is 4.90 Å². The number of carbonyl (C=O) groups excluding carboxylic acids is 2. The summed E-state index contributed by atoms with van der Waals surface area (Å²) >= 11 is 1.78. The van der Waals surface area contributed by atoms with Gasteiger partial charge >= 0.3 is 12.1 Å². The maximum atomic E-state index is 12.3. The van der Waals surface area contributed by atoms with Crippen molar-refractivity contribution in [1.29, 1.82) is 0 Å². The number of nitrogens with zero attached hydrogens (tertiary/aromatic N) is 3. The summed E-state index contributed by atoms with van der Waals surface area (Å²) in [5, 5.41) is 9.23. The van der Waals surface area contributed by atoms with E-state index in [9.17, 15) is 22.8 Å². The van der Waals surface area contributed by atoms with E-state index in [1.54, 1.807) is 30.3 Å². The van der Waals surface area contributed by atoms with Gasteiger partial charge in [-0.05, 0) is 24.3 Å². The molecule has 1 aromatic rings. The summed E-state index contributed by atoms with van der Waals surface area (Å²) in [6.07, 6.45) is -2.63. The molecule has 0 bridgehead atoms. The number of hydrogen-bond donors (Lipinski definition) is 1. The third-order valence-corrected chi connectivity index (χ3v) is 5.85. The lowest BCUT2D eigenvalue weighted by molar-refractivity contribution is -0.192. The molecule has 7 nitrogen and oxygen atoms in total. The van der Waals surface area contributed by atoms with Crippen molar-refractivity contribution in [1.82, 2.24) is 14.7 Å². The molecule has 3 heterocycles. The molecule has 2 saturated heterocycles. The molecule has 2 aliphatic heterocycles. The number of alkyl halides is 3. The zero-order chi connectivity index (χ0) is 21.8. The zero-order valence-corrected chi connectivity index (χ0v) is 17.0. The zero-order valence-electron chi connectivity index (χ0n) is 16.2. The van der Waals surface area contributed by atoms with Gasteiger partial charge in [-0.3, -0.25) is 14.5 Å². The number of piperidine rings is 1. The Kier molecular flexibility index (Phi) is 7.64. The van der Waals surface area contributed by atoms with E-state index >= 15 is 0 Å². The smallest absolute Gasteiger partial charge is 0.475 e. The molecule has 0 aromatic carbocycles. The number of fused-ring (bicyclic) bond motifs is 1. The standard InChI is InChI=1S/C16H23N3O2S.C2HF3O2/c1-17(2)16(21)11-19-14-7-8-18(10-12-4-3-9-22-12)13(14)5-6-15(19)20;3-2(4,5)1(6)7/h3-4,9,13-14H,5-8,10-11H2,1-2H3;(H,6,7)/t13-,14-;/m1./s1. The van der Waals surface area contributed by atoms with E-state index in [4.69, 9.17) is 9.90 Å². The molecule has 3 rings (SSSR count). The summed E-state index contributed by atoms with van der Waals surface area (Å²) in [6.45, 7) is 2.19. The first-order valence-electron chi connectivity index (χ1n) is 9.07. The number of halogens is 3. The molecule has 11 heteroatoms. The lowest BCUT2D eigenvalue weighted by Crippen LogP contribution is -2.54. The van der Waals surface area contributed by atoms with Gasteiger partial charge in [-0.2, -0.15) is 13.2 Å². The Morgan fingerprint density at radius 2 is 1.93 bits per heavy atom. The van der Waals surface area contributed by atoms with Gasteiger partial charge in [0, 0.05) is 50.6 Å². The third-order valence-electron chi connectivity index (χ3n) is 4.99. The van der Waals surface area contributed by atoms with Crippen LogP contribution in [0.4, 0.5) is 13.2 Å². The van der Waals surface area contributed by atoms with E-state index in [0.717, 1.165) is 25.9 Å². The van der Waals surface area contributed by atoms with Crippen LogP contribution >= 0.6 is 11.3 Å². The molecule has 0 unspecified atom stereocenters. The van der Waals surface area contributed by atoms with E-state index in [0.29, 0.717) is 12.5 Å². The molecule has 2 fully saturated rings. The number of rotatable bonds is 4. The predicted molar refractivity (Wildman–Crippen MR) is 100 cm³/mol. The van der Waals surface area contributed by atoms with Gasteiger partial charge in [0.25, 0.3) is 0 Å². The van der Waals surface area contributed by atoms with Crippen molar-refractivity contribution in [3.63, 3.8) is 0 Å². The van der Waals surface area contributed by atoms with Crippen LogP contribution in [0.3, 0.4) is 0 Å². The summed E-state index contributed by atoms with van der Waals surface area (Å²) < 4.78 is 31.7. The summed E-state index contributed by atoms with van der Waals surface area (Å²) in [7, 11) is 3.48. The lowest BCUT2D eigenvalue weighted by Gasteiger charge is -2.39. The minimum absolute atomic E-state index is 0.00528. The predicted octanol–water partition coefficient (Wildman–Crippen LogP) is 2.03. The second kappa shape index (κ2) is 9.57. The van der Waals surface area contributed by atoms with Crippen molar-refractivity contribution in [2.45, 2.75) is 44.1 Å². The number of likely N-dealkylation sites (tertiary alicyclic amines) is 2. The average Bonchev–Trinajstić information content (AvgIpc) is 3.27. The molecule has 1 aromatic heterocycles. The Balaban J connectivity index is 0.000000370. The molecule has 2 amide bonds. The van der Waals surface area contributed by atoms with Crippen molar-refractivity contribution in [3.05, 3.63) is 22.4 Å². The summed E-state index contributed by atoms with van der Waals surface area (Å²) in [4.78, 5) is 40.4. The van der Waals surface area contributed by atoms with Crippen LogP contribution in [-0.4, -0.2) is 83.0 Å². The van der Waals surface area contributed by atoms with Crippen molar-refractivity contribution in [3.8, 4) is 0 Å². The lowest BCUT2D eigenvalue weighted by atomic mass is 9.96. The van der Waals surface area contributed by atoms with Crippen LogP contribution < -0.4 is 0 Å². The summed E-state index contributed by atoms with van der Waals surface area (Å²) in [6, 6.07) is 4.85. The Hall–Kier alpha value is -2.14. The quantitative estimate of drug-likeness (QED) is 0.783. The molecule has 1 N–H and O–H groups in total. The van der Waals surface area contributed by atoms with Gasteiger partial charge in [0.2, 0.25) is 11.8 Å². The maximum absolute atomic E-state index is 12.3. The monoisotopic (exact) mass is 435 g/mol. The highest BCUT2D eigenvalue weighted by Crippen LogP contribution is 2.32. The topological polar surface area (TPSA) is 81.2 Å². The highest BCUT2D eigenvalue weighted by Gasteiger charge is 2.43. The van der Waals surface area contributed by atoms with Crippen molar-refractivity contribution >= 4 is 29.1 Å². The first-order valence-corrected chi connectivity index (χ1v) is 9.94. The number of carboxylic acid groups (broad SMARTS) is 1. The van der Waals surface area contributed by atoms with Crippen molar-refractivity contribution < 1.29 is 32.7 Å². The van der Waals surface area contributed by atoms with Crippen LogP contribution in [0.15, 0.2) is 17.5 Å². The summed E-state index contributed by atoms with van der Waals surface area (Å²) in [5.41, 5.74) is 0. The van der Waals surface area contributed by atoms with Crippen LogP contribution in [0.25, 0.3) is 0 Å². The number of amides is 2. The summed E-state index contributed by atoms with van der Waals surface area (Å²) in [5.74, 6) is -2.62. The van der Waals surface area contributed by atoms with Crippen LogP contribution in [0, 0.1) is 0 Å². The number of hydrogen-bond acceptors (Lipinski definition) is 5.